The molecule has 2 amide bonds. The fourth-order valence-corrected chi connectivity index (χ4v) is 5.54. The monoisotopic (exact) mass is 510 g/mol. The Hall–Kier alpha value is -1.60. The third-order valence-corrected chi connectivity index (χ3v) is 7.28. The third-order valence-electron chi connectivity index (χ3n) is 5.72. The summed E-state index contributed by atoms with van der Waals surface area (Å²) in [5, 5.41) is 3.14. The van der Waals surface area contributed by atoms with Crippen LogP contribution in [0.5, 0.6) is 0 Å². The molecule has 0 radical (unpaired) electrons. The summed E-state index contributed by atoms with van der Waals surface area (Å²) < 4.78 is 5.44. The first-order chi connectivity index (χ1) is 15.6. The van der Waals surface area contributed by atoms with Crippen LogP contribution in [-0.4, -0.2) is 54.5 Å². The second-order valence-corrected chi connectivity index (χ2v) is 11.1. The fraction of sp³-hybridized carbons (Fsp3) is 0.520. The van der Waals surface area contributed by atoms with Crippen LogP contribution in [0, 0.1) is 5.41 Å². The molecule has 8 heteroatoms. The molecule has 1 unspecified atom stereocenters. The molecule has 1 aliphatic heterocycles. The predicted molar refractivity (Wildman–Crippen MR) is 135 cm³/mol. The Morgan fingerprint density at radius 1 is 1.21 bits per heavy atom. The van der Waals surface area contributed by atoms with Gasteiger partial charge >= 0.3 is 0 Å². The smallest absolute Gasteiger partial charge is 0.242 e. The van der Waals surface area contributed by atoms with Crippen molar-refractivity contribution in [3.05, 3.63) is 55.7 Å². The van der Waals surface area contributed by atoms with Gasteiger partial charge in [-0.05, 0) is 54.5 Å². The van der Waals surface area contributed by atoms with Crippen molar-refractivity contribution in [3.8, 4) is 0 Å². The van der Waals surface area contributed by atoms with E-state index in [0.29, 0.717) is 42.8 Å². The largest absolute Gasteiger partial charge is 0.382 e. The second-order valence-electron chi connectivity index (χ2n) is 9.23. The Bertz CT molecular complexity index is 986. The molecule has 2 aromatic rings. The van der Waals surface area contributed by atoms with Crippen LogP contribution in [0.1, 0.15) is 56.2 Å². The summed E-state index contributed by atoms with van der Waals surface area (Å²) in [5.41, 5.74) is 1.36. The Kier molecular flexibility index (Phi) is 8.84. The molecular formula is C25H32Cl2N2O3S. The first kappa shape index (κ1) is 26.0. The number of carbonyl (C=O) groups excluding carboxylic acids is 2. The third kappa shape index (κ3) is 6.30. The lowest BCUT2D eigenvalue weighted by atomic mass is 9.92. The molecule has 180 valence electrons. The average Bonchev–Trinajstić information content (AvgIpc) is 3.23. The number of ether oxygens (including phenoxy) is 1. The van der Waals surface area contributed by atoms with Gasteiger partial charge in [0.2, 0.25) is 11.8 Å². The highest BCUT2D eigenvalue weighted by atomic mass is 35.5. The number of nitrogens with zero attached hydrogens (tertiary/aromatic N) is 2. The fourth-order valence-electron chi connectivity index (χ4n) is 4.13. The van der Waals surface area contributed by atoms with E-state index >= 15 is 0 Å². The van der Waals surface area contributed by atoms with Crippen LogP contribution in [0.2, 0.25) is 10.0 Å². The molecule has 3 rings (SSSR count). The van der Waals surface area contributed by atoms with E-state index in [4.69, 9.17) is 27.9 Å². The highest BCUT2D eigenvalue weighted by Crippen LogP contribution is 2.41. The van der Waals surface area contributed by atoms with Crippen molar-refractivity contribution < 1.29 is 14.3 Å². The van der Waals surface area contributed by atoms with Gasteiger partial charge in [0.1, 0.15) is 0 Å². The van der Waals surface area contributed by atoms with Crippen molar-refractivity contribution in [1.82, 2.24) is 9.80 Å². The van der Waals surface area contributed by atoms with Crippen molar-refractivity contribution in [3.63, 3.8) is 0 Å². The van der Waals surface area contributed by atoms with Crippen molar-refractivity contribution in [2.75, 3.05) is 32.8 Å². The Balaban J connectivity index is 1.88. The lowest BCUT2D eigenvalue weighted by Gasteiger charge is -2.38. The molecule has 0 bridgehead atoms. The Morgan fingerprint density at radius 2 is 1.97 bits per heavy atom. The van der Waals surface area contributed by atoms with Gasteiger partial charge in [-0.2, -0.15) is 0 Å². The quantitative estimate of drug-likeness (QED) is 0.419. The number of thiophene rings is 1. The molecule has 0 spiro atoms. The predicted octanol–water partition coefficient (Wildman–Crippen LogP) is 5.83. The Labute approximate surface area is 210 Å². The number of halogens is 2. The van der Waals surface area contributed by atoms with E-state index in [1.54, 1.807) is 28.4 Å². The second kappa shape index (κ2) is 11.2. The van der Waals surface area contributed by atoms with E-state index in [-0.39, 0.29) is 24.4 Å². The minimum absolute atomic E-state index is 0.0312. The summed E-state index contributed by atoms with van der Waals surface area (Å²) in [6, 6.07) is 7.17. The van der Waals surface area contributed by atoms with Gasteiger partial charge in [0, 0.05) is 46.6 Å². The maximum atomic E-state index is 13.7. The van der Waals surface area contributed by atoms with Crippen LogP contribution in [-0.2, 0) is 20.7 Å². The van der Waals surface area contributed by atoms with E-state index in [9.17, 15) is 9.59 Å². The first-order valence-electron chi connectivity index (χ1n) is 11.3. The molecule has 0 aliphatic carbocycles. The number of rotatable bonds is 8. The van der Waals surface area contributed by atoms with Crippen molar-refractivity contribution >= 4 is 46.4 Å². The van der Waals surface area contributed by atoms with E-state index in [1.807, 2.05) is 38.7 Å². The lowest BCUT2D eigenvalue weighted by Crippen LogP contribution is -2.49. The summed E-state index contributed by atoms with van der Waals surface area (Å²) in [4.78, 5) is 31.6. The molecular weight excluding hydrogens is 479 g/mol. The molecule has 1 aromatic heterocycles. The van der Waals surface area contributed by atoms with Crippen molar-refractivity contribution in [2.45, 2.75) is 46.6 Å². The van der Waals surface area contributed by atoms with E-state index in [0.717, 1.165) is 17.5 Å². The molecule has 1 atom stereocenters. The van der Waals surface area contributed by atoms with Gasteiger partial charge < -0.3 is 14.5 Å². The van der Waals surface area contributed by atoms with Gasteiger partial charge in [0.05, 0.1) is 12.6 Å². The maximum absolute atomic E-state index is 13.7. The topological polar surface area (TPSA) is 49.9 Å². The number of amides is 2. The number of fused-ring (bicyclic) bond motifs is 1. The standard InChI is InChI=1S/C25H32Cl2N2O3S/c1-5-32-13-6-11-28(24(31)25(2,3)4)16-22(30)29-12-9-21-19(10-14-33-21)23(29)18-8-7-17(26)15-20(18)27/h7-8,10,14-15,23H,5-6,9,11-13,16H2,1-4H3. The van der Waals surface area contributed by atoms with Gasteiger partial charge in [-0.25, -0.2) is 0 Å². The van der Waals surface area contributed by atoms with Crippen molar-refractivity contribution in [1.29, 1.82) is 0 Å². The van der Waals surface area contributed by atoms with Crippen LogP contribution >= 0.6 is 34.5 Å². The highest BCUT2D eigenvalue weighted by molar-refractivity contribution is 7.10. The van der Waals surface area contributed by atoms with Crippen LogP contribution in [0.4, 0.5) is 0 Å². The summed E-state index contributed by atoms with van der Waals surface area (Å²) in [6.07, 6.45) is 1.47. The SMILES string of the molecule is CCOCCCN(CC(=O)N1CCc2sccc2C1c1ccc(Cl)cc1Cl)C(=O)C(C)(C)C. The Morgan fingerprint density at radius 3 is 2.64 bits per heavy atom. The highest BCUT2D eigenvalue weighted by Gasteiger charge is 2.36. The molecule has 1 aromatic carbocycles. The molecule has 2 heterocycles. The first-order valence-corrected chi connectivity index (χ1v) is 12.9. The van der Waals surface area contributed by atoms with E-state index in [2.05, 4.69) is 11.4 Å². The molecule has 0 saturated heterocycles. The molecule has 1 aliphatic rings. The molecule has 33 heavy (non-hydrogen) atoms. The zero-order valence-corrected chi connectivity index (χ0v) is 22.0. The number of hydrogen-bond donors (Lipinski definition) is 0. The zero-order chi connectivity index (χ0) is 24.2. The number of hydrogen-bond acceptors (Lipinski definition) is 4. The maximum Gasteiger partial charge on any atom is 0.242 e. The number of carbonyl (C=O) groups is 2. The van der Waals surface area contributed by atoms with Gasteiger partial charge in [-0.3, -0.25) is 9.59 Å². The van der Waals surface area contributed by atoms with Crippen LogP contribution in [0.3, 0.4) is 0 Å². The summed E-state index contributed by atoms with van der Waals surface area (Å²) in [6.45, 7) is 9.86. The van der Waals surface area contributed by atoms with Gasteiger partial charge in [-0.1, -0.05) is 50.0 Å². The van der Waals surface area contributed by atoms with E-state index in [1.165, 1.54) is 4.88 Å². The molecule has 0 saturated carbocycles. The van der Waals surface area contributed by atoms with Crippen LogP contribution in [0.25, 0.3) is 0 Å². The summed E-state index contributed by atoms with van der Waals surface area (Å²) >= 11 is 14.4. The summed E-state index contributed by atoms with van der Waals surface area (Å²) in [5.74, 6) is -0.126. The minimum Gasteiger partial charge on any atom is -0.382 e. The minimum atomic E-state index is -0.576. The van der Waals surface area contributed by atoms with Crippen LogP contribution < -0.4 is 0 Å². The van der Waals surface area contributed by atoms with E-state index < -0.39 is 5.41 Å². The van der Waals surface area contributed by atoms with Crippen LogP contribution in [0.15, 0.2) is 29.6 Å². The van der Waals surface area contributed by atoms with Crippen molar-refractivity contribution in [2.24, 2.45) is 5.41 Å². The zero-order valence-electron chi connectivity index (χ0n) is 19.7. The molecule has 5 nitrogen and oxygen atoms in total. The lowest BCUT2D eigenvalue weighted by molar-refractivity contribution is -0.146. The van der Waals surface area contributed by atoms with Gasteiger partial charge in [0.15, 0.2) is 0 Å². The van der Waals surface area contributed by atoms with Gasteiger partial charge in [-0.15, -0.1) is 11.3 Å². The normalized spacial score (nSPS) is 15.9. The molecule has 0 N–H and O–H groups in total. The van der Waals surface area contributed by atoms with Gasteiger partial charge in [0.25, 0.3) is 0 Å². The molecule has 0 fully saturated rings. The summed E-state index contributed by atoms with van der Waals surface area (Å²) in [7, 11) is 0. The average molecular weight is 512 g/mol. The number of benzene rings is 1.